The van der Waals surface area contributed by atoms with Crippen molar-refractivity contribution in [1.29, 1.82) is 0 Å². The summed E-state index contributed by atoms with van der Waals surface area (Å²) < 4.78 is 0. The van der Waals surface area contributed by atoms with Crippen LogP contribution in [0, 0.1) is 5.92 Å². The molecule has 2 aromatic carbocycles. The summed E-state index contributed by atoms with van der Waals surface area (Å²) in [5, 5.41) is 3.40. The molecule has 25 heavy (non-hydrogen) atoms. The molecule has 3 rings (SSSR count). The van der Waals surface area contributed by atoms with E-state index in [0.717, 1.165) is 25.9 Å². The highest BCUT2D eigenvalue weighted by Crippen LogP contribution is 2.25. The lowest BCUT2D eigenvalue weighted by Gasteiger charge is -2.28. The number of amides is 1. The molecule has 1 amide bonds. The van der Waals surface area contributed by atoms with E-state index in [0.29, 0.717) is 21.8 Å². The zero-order valence-corrected chi connectivity index (χ0v) is 14.9. The van der Waals surface area contributed by atoms with Crippen molar-refractivity contribution in [3.63, 3.8) is 0 Å². The van der Waals surface area contributed by atoms with Gasteiger partial charge < -0.3 is 10.2 Å². The smallest absolute Gasteiger partial charge is 0.228 e. The first-order valence-corrected chi connectivity index (χ1v) is 8.81. The molecular weight excluding hydrogens is 336 g/mol. The average molecular weight is 357 g/mol. The maximum Gasteiger partial charge on any atom is 0.228 e. The molecular formula is C20H21ClN2O2. The minimum absolute atomic E-state index is 0.0454. The van der Waals surface area contributed by atoms with Crippen LogP contribution in [0.1, 0.15) is 28.8 Å². The number of hydrogen-bond donors (Lipinski definition) is 1. The topological polar surface area (TPSA) is 49.4 Å². The van der Waals surface area contributed by atoms with Crippen LogP contribution >= 0.6 is 11.6 Å². The molecule has 0 spiro atoms. The molecule has 0 unspecified atom stereocenters. The predicted molar refractivity (Wildman–Crippen MR) is 100 cm³/mol. The first-order valence-electron chi connectivity index (χ1n) is 8.43. The number of nitrogens with zero attached hydrogens (tertiary/aromatic N) is 1. The highest BCUT2D eigenvalue weighted by atomic mass is 35.5. The second-order valence-corrected chi connectivity index (χ2v) is 6.91. The number of halogens is 1. The van der Waals surface area contributed by atoms with Gasteiger partial charge in [0.15, 0.2) is 5.78 Å². The lowest BCUT2D eigenvalue weighted by molar-refractivity contribution is -0.121. The van der Waals surface area contributed by atoms with E-state index in [-0.39, 0.29) is 17.6 Å². The van der Waals surface area contributed by atoms with Crippen LogP contribution in [0.4, 0.5) is 5.69 Å². The van der Waals surface area contributed by atoms with Crippen molar-refractivity contribution in [2.75, 3.05) is 25.5 Å². The highest BCUT2D eigenvalue weighted by molar-refractivity contribution is 6.31. The molecule has 1 heterocycles. The zero-order valence-electron chi connectivity index (χ0n) is 14.2. The number of piperidine rings is 1. The Morgan fingerprint density at radius 1 is 1.16 bits per heavy atom. The van der Waals surface area contributed by atoms with E-state index in [1.54, 1.807) is 30.3 Å². The Balaban J connectivity index is 1.84. The standard InChI is InChI=1S/C20H21ClN2O2/c1-23-11-5-8-15(13-23)20(25)22-18-10-9-16(21)12-17(18)19(24)14-6-3-2-4-7-14/h2-4,6-7,9-10,12,15H,5,8,11,13H2,1H3,(H,22,25)/t15-/m1/s1. The van der Waals surface area contributed by atoms with Crippen molar-refractivity contribution in [2.45, 2.75) is 12.8 Å². The Hall–Kier alpha value is -2.17. The number of ketones is 1. The number of nitrogens with one attached hydrogen (secondary N) is 1. The molecule has 1 aliphatic heterocycles. The molecule has 1 aliphatic rings. The number of hydrogen-bond acceptors (Lipinski definition) is 3. The maximum atomic E-state index is 12.8. The normalized spacial score (nSPS) is 17.9. The van der Waals surface area contributed by atoms with Crippen molar-refractivity contribution < 1.29 is 9.59 Å². The lowest BCUT2D eigenvalue weighted by Crippen LogP contribution is -2.38. The fraction of sp³-hybridized carbons (Fsp3) is 0.300. The number of rotatable bonds is 4. The Kier molecular flexibility index (Phi) is 5.51. The van der Waals surface area contributed by atoms with Crippen LogP contribution in [0.15, 0.2) is 48.5 Å². The Morgan fingerprint density at radius 3 is 2.64 bits per heavy atom. The zero-order chi connectivity index (χ0) is 17.8. The van der Waals surface area contributed by atoms with Gasteiger partial charge in [-0.1, -0.05) is 41.9 Å². The van der Waals surface area contributed by atoms with Gasteiger partial charge in [-0.25, -0.2) is 0 Å². The molecule has 0 bridgehead atoms. The summed E-state index contributed by atoms with van der Waals surface area (Å²) in [5.41, 5.74) is 1.49. The third-order valence-corrected chi connectivity index (χ3v) is 4.75. The molecule has 1 fully saturated rings. The van der Waals surface area contributed by atoms with Gasteiger partial charge >= 0.3 is 0 Å². The first kappa shape index (κ1) is 17.6. The summed E-state index contributed by atoms with van der Waals surface area (Å²) in [6.07, 6.45) is 1.87. The average Bonchev–Trinajstić information content (AvgIpc) is 2.63. The number of likely N-dealkylation sites (tertiary alicyclic amines) is 1. The van der Waals surface area contributed by atoms with Crippen molar-refractivity contribution >= 4 is 29.0 Å². The quantitative estimate of drug-likeness (QED) is 0.846. The van der Waals surface area contributed by atoms with E-state index in [2.05, 4.69) is 10.2 Å². The Bertz CT molecular complexity index is 777. The fourth-order valence-corrected chi connectivity index (χ4v) is 3.35. The minimum atomic E-state index is -0.154. The van der Waals surface area contributed by atoms with Crippen LogP contribution in [-0.2, 0) is 4.79 Å². The monoisotopic (exact) mass is 356 g/mol. The van der Waals surface area contributed by atoms with E-state index in [1.807, 2.05) is 25.2 Å². The van der Waals surface area contributed by atoms with E-state index < -0.39 is 0 Å². The summed E-state index contributed by atoms with van der Waals surface area (Å²) in [7, 11) is 2.02. The van der Waals surface area contributed by atoms with Gasteiger partial charge in [0.05, 0.1) is 11.6 Å². The van der Waals surface area contributed by atoms with E-state index in [4.69, 9.17) is 11.6 Å². The number of anilines is 1. The molecule has 4 nitrogen and oxygen atoms in total. The molecule has 0 radical (unpaired) electrons. The first-order chi connectivity index (χ1) is 12.0. The van der Waals surface area contributed by atoms with Crippen LogP contribution < -0.4 is 5.32 Å². The molecule has 1 saturated heterocycles. The third kappa shape index (κ3) is 4.27. The summed E-state index contributed by atoms with van der Waals surface area (Å²) in [5.74, 6) is -0.260. The highest BCUT2D eigenvalue weighted by Gasteiger charge is 2.25. The molecule has 1 N–H and O–H groups in total. The van der Waals surface area contributed by atoms with Crippen LogP contribution in [0.3, 0.4) is 0 Å². The van der Waals surface area contributed by atoms with Gasteiger partial charge in [-0.2, -0.15) is 0 Å². The van der Waals surface area contributed by atoms with Gasteiger partial charge in [0.25, 0.3) is 0 Å². The predicted octanol–water partition coefficient (Wildman–Crippen LogP) is 3.85. The van der Waals surface area contributed by atoms with Crippen molar-refractivity contribution in [2.24, 2.45) is 5.92 Å². The fourth-order valence-electron chi connectivity index (χ4n) is 3.17. The summed E-state index contributed by atoms with van der Waals surface area (Å²) in [4.78, 5) is 27.6. The van der Waals surface area contributed by atoms with Crippen molar-refractivity contribution in [3.05, 3.63) is 64.7 Å². The Labute approximate surface area is 152 Å². The molecule has 0 aliphatic carbocycles. The van der Waals surface area contributed by atoms with E-state index >= 15 is 0 Å². The summed E-state index contributed by atoms with van der Waals surface area (Å²) >= 11 is 6.08. The van der Waals surface area contributed by atoms with Crippen LogP contribution in [0.5, 0.6) is 0 Å². The largest absolute Gasteiger partial charge is 0.325 e. The van der Waals surface area contributed by atoms with Gasteiger partial charge in [-0.15, -0.1) is 0 Å². The van der Waals surface area contributed by atoms with Gasteiger partial charge in [0, 0.05) is 22.7 Å². The van der Waals surface area contributed by atoms with Gasteiger partial charge in [0.2, 0.25) is 5.91 Å². The van der Waals surface area contributed by atoms with E-state index in [1.165, 1.54) is 0 Å². The number of carbonyl (C=O) groups is 2. The van der Waals surface area contributed by atoms with Crippen LogP contribution in [0.2, 0.25) is 5.02 Å². The minimum Gasteiger partial charge on any atom is -0.325 e. The second-order valence-electron chi connectivity index (χ2n) is 6.48. The van der Waals surface area contributed by atoms with Gasteiger partial charge in [-0.05, 0) is 44.6 Å². The van der Waals surface area contributed by atoms with Crippen LogP contribution in [0.25, 0.3) is 0 Å². The number of carbonyl (C=O) groups excluding carboxylic acids is 2. The SMILES string of the molecule is CN1CCC[C@@H](C(=O)Nc2ccc(Cl)cc2C(=O)c2ccccc2)C1. The molecule has 1 atom stereocenters. The third-order valence-electron chi connectivity index (χ3n) is 4.52. The number of benzene rings is 2. The summed E-state index contributed by atoms with van der Waals surface area (Å²) in [6.45, 7) is 1.75. The van der Waals surface area contributed by atoms with E-state index in [9.17, 15) is 9.59 Å². The molecule has 0 saturated carbocycles. The second kappa shape index (κ2) is 7.81. The van der Waals surface area contributed by atoms with Gasteiger partial charge in [0.1, 0.15) is 0 Å². The molecule has 0 aromatic heterocycles. The molecule has 130 valence electrons. The van der Waals surface area contributed by atoms with Crippen LogP contribution in [-0.4, -0.2) is 36.7 Å². The lowest BCUT2D eigenvalue weighted by atomic mass is 9.96. The molecule has 2 aromatic rings. The summed E-state index contributed by atoms with van der Waals surface area (Å²) in [6, 6.07) is 14.0. The van der Waals surface area contributed by atoms with Crippen molar-refractivity contribution in [3.8, 4) is 0 Å². The van der Waals surface area contributed by atoms with Gasteiger partial charge in [-0.3, -0.25) is 9.59 Å². The maximum absolute atomic E-state index is 12.8. The molecule has 5 heteroatoms. The van der Waals surface area contributed by atoms with Crippen molar-refractivity contribution in [1.82, 2.24) is 4.90 Å². The Morgan fingerprint density at radius 2 is 1.92 bits per heavy atom.